The van der Waals surface area contributed by atoms with Gasteiger partial charge >= 0.3 is 5.97 Å². The van der Waals surface area contributed by atoms with Gasteiger partial charge in [0.15, 0.2) is 11.5 Å². The van der Waals surface area contributed by atoms with Crippen molar-refractivity contribution in [3.63, 3.8) is 0 Å². The first-order valence-corrected chi connectivity index (χ1v) is 10.7. The molecule has 1 aliphatic rings. The number of hydrogen-bond acceptors (Lipinski definition) is 7. The van der Waals surface area contributed by atoms with Gasteiger partial charge in [-0.1, -0.05) is 34.6 Å². The highest BCUT2D eigenvalue weighted by molar-refractivity contribution is 9.10. The second-order valence-corrected chi connectivity index (χ2v) is 7.77. The highest BCUT2D eigenvalue weighted by Crippen LogP contribution is 2.41. The predicted octanol–water partition coefficient (Wildman–Crippen LogP) is 4.74. The van der Waals surface area contributed by atoms with E-state index in [4.69, 9.17) is 9.47 Å². The summed E-state index contributed by atoms with van der Waals surface area (Å²) in [7, 11) is 0. The third kappa shape index (κ3) is 5.63. The van der Waals surface area contributed by atoms with Crippen LogP contribution in [0.15, 0.2) is 37.8 Å². The fourth-order valence-electron chi connectivity index (χ4n) is 2.46. The maximum atomic E-state index is 12.3. The standard InChI is InChI=1S/C20H22BrNO6S/c1-4-7-16(24)22-19-17(20(26)28-6-3)18(25)15(29-19)9-11-8-14(27-5-2)13(23)10-12(11)21/h8-10,23,25H,4-7H2,1-3H3/b15-9-,22-19?. The Morgan fingerprint density at radius 3 is 2.55 bits per heavy atom. The number of carbonyl (C=O) groups excluding carboxylic acids is 2. The SMILES string of the molecule is CCCC(=O)N=C1S/C(=C\c2cc(OCC)c(O)cc2Br)C(O)=C1C(=O)OCC. The number of esters is 1. The van der Waals surface area contributed by atoms with Gasteiger partial charge in [0, 0.05) is 10.9 Å². The molecule has 0 spiro atoms. The number of thioether (sulfide) groups is 1. The zero-order chi connectivity index (χ0) is 21.6. The quantitative estimate of drug-likeness (QED) is 0.539. The first kappa shape index (κ1) is 23.0. The molecule has 1 amide bonds. The van der Waals surface area contributed by atoms with Gasteiger partial charge in [0.1, 0.15) is 16.4 Å². The molecule has 2 N–H and O–H groups in total. The summed E-state index contributed by atoms with van der Waals surface area (Å²) in [6.45, 7) is 5.78. The number of ether oxygens (including phenoxy) is 2. The van der Waals surface area contributed by atoms with Crippen LogP contribution in [0, 0.1) is 0 Å². The summed E-state index contributed by atoms with van der Waals surface area (Å²) in [6, 6.07) is 3.08. The van der Waals surface area contributed by atoms with Gasteiger partial charge in [-0.05, 0) is 44.0 Å². The van der Waals surface area contributed by atoms with Crippen LogP contribution in [0.3, 0.4) is 0 Å². The second-order valence-electron chi connectivity index (χ2n) is 5.89. The number of rotatable bonds is 7. The molecular formula is C20H22BrNO6S. The molecule has 0 saturated carbocycles. The van der Waals surface area contributed by atoms with Gasteiger partial charge in [0.2, 0.25) is 5.91 Å². The van der Waals surface area contributed by atoms with E-state index in [0.717, 1.165) is 11.8 Å². The minimum Gasteiger partial charge on any atom is -0.506 e. The summed E-state index contributed by atoms with van der Waals surface area (Å²) in [6.07, 6.45) is 2.47. The van der Waals surface area contributed by atoms with Crippen molar-refractivity contribution in [2.75, 3.05) is 13.2 Å². The molecule has 0 radical (unpaired) electrons. The van der Waals surface area contributed by atoms with Gasteiger partial charge in [-0.2, -0.15) is 0 Å². The van der Waals surface area contributed by atoms with E-state index in [1.54, 1.807) is 26.0 Å². The molecule has 2 rings (SSSR count). The van der Waals surface area contributed by atoms with Crippen LogP contribution in [0.5, 0.6) is 11.5 Å². The van der Waals surface area contributed by atoms with E-state index in [2.05, 4.69) is 20.9 Å². The summed E-state index contributed by atoms with van der Waals surface area (Å²) in [5.41, 5.74) is 0.470. The van der Waals surface area contributed by atoms with Gasteiger partial charge in [0.05, 0.1) is 18.1 Å². The van der Waals surface area contributed by atoms with E-state index in [9.17, 15) is 19.8 Å². The third-order valence-corrected chi connectivity index (χ3v) is 5.43. The van der Waals surface area contributed by atoms with Crippen molar-refractivity contribution in [2.24, 2.45) is 4.99 Å². The van der Waals surface area contributed by atoms with Crippen molar-refractivity contribution < 1.29 is 29.3 Å². The predicted molar refractivity (Wildman–Crippen MR) is 116 cm³/mol. The van der Waals surface area contributed by atoms with Crippen LogP contribution in [0.2, 0.25) is 0 Å². The van der Waals surface area contributed by atoms with E-state index >= 15 is 0 Å². The van der Waals surface area contributed by atoms with E-state index in [1.807, 2.05) is 6.92 Å². The van der Waals surface area contributed by atoms with E-state index < -0.39 is 5.97 Å². The molecule has 29 heavy (non-hydrogen) atoms. The lowest BCUT2D eigenvalue weighted by molar-refractivity contribution is -0.138. The molecule has 9 heteroatoms. The summed E-state index contributed by atoms with van der Waals surface area (Å²) in [4.78, 5) is 28.6. The molecule has 0 saturated heterocycles. The zero-order valence-electron chi connectivity index (χ0n) is 16.3. The van der Waals surface area contributed by atoms with Crippen LogP contribution in [-0.2, 0) is 14.3 Å². The smallest absolute Gasteiger partial charge is 0.344 e. The molecule has 0 aliphatic carbocycles. The second kappa shape index (κ2) is 10.5. The van der Waals surface area contributed by atoms with Crippen molar-refractivity contribution in [1.29, 1.82) is 0 Å². The number of carbonyl (C=O) groups is 2. The average molecular weight is 484 g/mol. The van der Waals surface area contributed by atoms with Crippen LogP contribution in [-0.4, -0.2) is 40.3 Å². The van der Waals surface area contributed by atoms with Crippen LogP contribution < -0.4 is 4.74 Å². The number of aliphatic hydroxyl groups is 1. The maximum absolute atomic E-state index is 12.3. The molecule has 1 aliphatic heterocycles. The van der Waals surface area contributed by atoms with Crippen molar-refractivity contribution in [3.05, 3.63) is 38.4 Å². The van der Waals surface area contributed by atoms with Crippen molar-refractivity contribution >= 4 is 50.7 Å². The molecule has 0 aromatic heterocycles. The minimum absolute atomic E-state index is 0.0284. The molecule has 156 valence electrons. The Kier molecular flexibility index (Phi) is 8.33. The first-order chi connectivity index (χ1) is 13.8. The normalized spacial score (nSPS) is 16.6. The van der Waals surface area contributed by atoms with Crippen LogP contribution in [0.25, 0.3) is 6.08 Å². The Balaban J connectivity index is 2.52. The fourth-order valence-corrected chi connectivity index (χ4v) is 3.92. The van der Waals surface area contributed by atoms with Gasteiger partial charge in [-0.3, -0.25) is 4.79 Å². The lowest BCUT2D eigenvalue weighted by atomic mass is 10.1. The van der Waals surface area contributed by atoms with Gasteiger partial charge in [0.25, 0.3) is 0 Å². The van der Waals surface area contributed by atoms with Crippen molar-refractivity contribution in [1.82, 2.24) is 0 Å². The zero-order valence-corrected chi connectivity index (χ0v) is 18.7. The molecule has 0 unspecified atom stereocenters. The van der Waals surface area contributed by atoms with Gasteiger partial charge in [-0.25, -0.2) is 9.79 Å². The Bertz CT molecular complexity index is 906. The number of amides is 1. The first-order valence-electron chi connectivity index (χ1n) is 9.09. The summed E-state index contributed by atoms with van der Waals surface area (Å²) in [5, 5.41) is 20.7. The van der Waals surface area contributed by atoms with Crippen LogP contribution >= 0.6 is 27.7 Å². The molecular weight excluding hydrogens is 462 g/mol. The van der Waals surface area contributed by atoms with Gasteiger partial charge < -0.3 is 19.7 Å². The number of aromatic hydroxyl groups is 1. The van der Waals surface area contributed by atoms with Crippen molar-refractivity contribution in [3.8, 4) is 11.5 Å². The number of benzene rings is 1. The highest BCUT2D eigenvalue weighted by Gasteiger charge is 2.33. The highest BCUT2D eigenvalue weighted by atomic mass is 79.9. The number of aliphatic hydroxyl groups excluding tert-OH is 1. The van der Waals surface area contributed by atoms with Crippen molar-refractivity contribution in [2.45, 2.75) is 33.6 Å². The Labute approximate surface area is 181 Å². The number of halogens is 1. The number of nitrogens with zero attached hydrogens (tertiary/aromatic N) is 1. The van der Waals surface area contributed by atoms with E-state index in [-0.39, 0.29) is 46.8 Å². The van der Waals surface area contributed by atoms with Crippen LogP contribution in [0.1, 0.15) is 39.2 Å². The fraction of sp³-hybridized carbons (Fsp3) is 0.350. The van der Waals surface area contributed by atoms with E-state index in [0.29, 0.717) is 28.0 Å². The number of hydrogen-bond donors (Lipinski definition) is 2. The Morgan fingerprint density at radius 1 is 1.21 bits per heavy atom. The molecule has 0 fully saturated rings. The number of aliphatic imine (C=N–C) groups is 1. The maximum Gasteiger partial charge on any atom is 0.344 e. The Hall–Kier alpha value is -2.26. The summed E-state index contributed by atoms with van der Waals surface area (Å²) < 4.78 is 11.0. The lowest BCUT2D eigenvalue weighted by Crippen LogP contribution is -2.14. The third-order valence-electron chi connectivity index (χ3n) is 3.73. The van der Waals surface area contributed by atoms with Crippen LogP contribution in [0.4, 0.5) is 0 Å². The number of phenols is 1. The monoisotopic (exact) mass is 483 g/mol. The van der Waals surface area contributed by atoms with Gasteiger partial charge in [-0.15, -0.1) is 0 Å². The molecule has 0 atom stereocenters. The topological polar surface area (TPSA) is 105 Å². The molecule has 7 nitrogen and oxygen atoms in total. The molecule has 1 aromatic carbocycles. The molecule has 0 bridgehead atoms. The lowest BCUT2D eigenvalue weighted by Gasteiger charge is -2.09. The summed E-state index contributed by atoms with van der Waals surface area (Å²) in [5.74, 6) is -1.18. The molecule has 1 aromatic rings. The molecule has 1 heterocycles. The largest absolute Gasteiger partial charge is 0.506 e. The average Bonchev–Trinajstić information content (AvgIpc) is 2.94. The number of phenolic OH excluding ortho intramolecular Hbond substituents is 1. The minimum atomic E-state index is -0.747. The summed E-state index contributed by atoms with van der Waals surface area (Å²) >= 11 is 4.36. The van der Waals surface area contributed by atoms with E-state index in [1.165, 1.54) is 6.07 Å². The Morgan fingerprint density at radius 2 is 1.93 bits per heavy atom.